The number of hydrogen-bond donors (Lipinski definition) is 1. The molecule has 2 aromatic rings. The number of furan rings is 1. The highest BCUT2D eigenvalue weighted by molar-refractivity contribution is 5.96. The van der Waals surface area contributed by atoms with Gasteiger partial charge in [0.15, 0.2) is 5.76 Å². The Balaban J connectivity index is 2.23. The summed E-state index contributed by atoms with van der Waals surface area (Å²) in [5.41, 5.74) is 1.26. The first-order valence-electron chi connectivity index (χ1n) is 7.20. The minimum Gasteiger partial charge on any atom is -0.478 e. The van der Waals surface area contributed by atoms with Crippen molar-refractivity contribution in [3.05, 3.63) is 58.3 Å². The monoisotopic (exact) mass is 319 g/mol. The van der Waals surface area contributed by atoms with E-state index in [1.165, 1.54) is 24.1 Å². The molecule has 0 fully saturated rings. The molecule has 0 aliphatic heterocycles. The smallest absolute Gasteiger partial charge is 0.339 e. The molecule has 0 spiro atoms. The van der Waals surface area contributed by atoms with Crippen LogP contribution in [-0.2, 0) is 13.0 Å². The van der Waals surface area contributed by atoms with E-state index in [0.717, 1.165) is 5.56 Å². The lowest BCUT2D eigenvalue weighted by atomic mass is 10.1. The Morgan fingerprint density at radius 1 is 1.30 bits per heavy atom. The van der Waals surface area contributed by atoms with Gasteiger partial charge in [-0.15, -0.1) is 0 Å². The van der Waals surface area contributed by atoms with Crippen molar-refractivity contribution in [3.63, 3.8) is 0 Å². The molecule has 1 N–H and O–H groups in total. The highest BCUT2D eigenvalue weighted by Crippen LogP contribution is 2.19. The van der Waals surface area contributed by atoms with Crippen molar-refractivity contribution in [2.45, 2.75) is 26.8 Å². The minimum atomic E-state index is -1.14. The van der Waals surface area contributed by atoms with Crippen molar-refractivity contribution in [2.24, 2.45) is 0 Å². The summed E-state index contributed by atoms with van der Waals surface area (Å²) in [6.07, 6.45) is 0.366. The van der Waals surface area contributed by atoms with Gasteiger partial charge in [0.2, 0.25) is 0 Å². The minimum absolute atomic E-state index is 0.0222. The van der Waals surface area contributed by atoms with Gasteiger partial charge in [-0.1, -0.05) is 24.6 Å². The molecule has 5 nitrogen and oxygen atoms in total. The summed E-state index contributed by atoms with van der Waals surface area (Å²) in [6.45, 7) is 3.65. The lowest BCUT2D eigenvalue weighted by Gasteiger charge is -2.16. The van der Waals surface area contributed by atoms with Gasteiger partial charge in [0, 0.05) is 31.6 Å². The predicted octanol–water partition coefficient (Wildman–Crippen LogP) is 3.26. The van der Waals surface area contributed by atoms with Crippen molar-refractivity contribution < 1.29 is 23.5 Å². The molecule has 1 aromatic heterocycles. The number of hydrogen-bond acceptors (Lipinski definition) is 3. The molecule has 1 amide bonds. The number of benzene rings is 1. The molecule has 2 rings (SSSR count). The largest absolute Gasteiger partial charge is 0.478 e. The number of carboxylic acid groups (broad SMARTS) is 1. The van der Waals surface area contributed by atoms with Crippen molar-refractivity contribution in [1.82, 2.24) is 4.90 Å². The predicted molar refractivity (Wildman–Crippen MR) is 82.0 cm³/mol. The molecular formula is C17H18FNO4. The van der Waals surface area contributed by atoms with Crippen molar-refractivity contribution in [1.29, 1.82) is 0 Å². The molecule has 0 atom stereocenters. The first-order chi connectivity index (χ1) is 10.8. The molecule has 6 heteroatoms. The van der Waals surface area contributed by atoms with E-state index in [9.17, 15) is 14.0 Å². The standard InChI is InChI=1S/C17H18FNO4/c1-4-14-12(17(21)22)8-15(23-14)16(20)19(3)9-11-7-10(2)5-6-13(11)18/h5-8H,4,9H2,1-3H3,(H,21,22). The van der Waals surface area contributed by atoms with Gasteiger partial charge < -0.3 is 14.4 Å². The average Bonchev–Trinajstić information content (AvgIpc) is 2.94. The highest BCUT2D eigenvalue weighted by Gasteiger charge is 2.22. The van der Waals surface area contributed by atoms with Gasteiger partial charge in [0.25, 0.3) is 5.91 Å². The molecule has 1 aromatic carbocycles. The third-order valence-electron chi connectivity index (χ3n) is 3.53. The second kappa shape index (κ2) is 6.64. The topological polar surface area (TPSA) is 70.8 Å². The van der Waals surface area contributed by atoms with Crippen LogP contribution in [-0.4, -0.2) is 28.9 Å². The third kappa shape index (κ3) is 3.59. The molecular weight excluding hydrogens is 301 g/mol. The van der Waals surface area contributed by atoms with Gasteiger partial charge >= 0.3 is 5.97 Å². The van der Waals surface area contributed by atoms with E-state index in [2.05, 4.69) is 0 Å². The molecule has 122 valence electrons. The van der Waals surface area contributed by atoms with E-state index in [4.69, 9.17) is 9.52 Å². The summed E-state index contributed by atoms with van der Waals surface area (Å²) in [7, 11) is 1.51. The Hall–Kier alpha value is -2.63. The van der Waals surface area contributed by atoms with Gasteiger partial charge in [0.05, 0.1) is 0 Å². The van der Waals surface area contributed by atoms with E-state index < -0.39 is 17.7 Å². The molecule has 0 unspecified atom stereocenters. The molecule has 1 heterocycles. The summed E-state index contributed by atoms with van der Waals surface area (Å²) in [5.74, 6) is -1.84. The Kier molecular flexibility index (Phi) is 4.83. The number of halogens is 1. The maximum Gasteiger partial charge on any atom is 0.339 e. The van der Waals surface area contributed by atoms with Crippen LogP contribution in [0.15, 0.2) is 28.7 Å². The SMILES string of the molecule is CCc1oc(C(=O)N(C)Cc2cc(C)ccc2F)cc1C(=O)O. The summed E-state index contributed by atoms with van der Waals surface area (Å²) in [5, 5.41) is 9.10. The van der Waals surface area contributed by atoms with Crippen LogP contribution in [0.1, 0.15) is 44.7 Å². The van der Waals surface area contributed by atoms with E-state index >= 15 is 0 Å². The summed E-state index contributed by atoms with van der Waals surface area (Å²) in [6, 6.07) is 5.89. The normalized spacial score (nSPS) is 10.6. The fourth-order valence-corrected chi connectivity index (χ4v) is 2.32. The number of carbonyl (C=O) groups is 2. The zero-order valence-corrected chi connectivity index (χ0v) is 13.2. The van der Waals surface area contributed by atoms with E-state index in [-0.39, 0.29) is 23.6 Å². The van der Waals surface area contributed by atoms with E-state index in [0.29, 0.717) is 12.0 Å². The number of carboxylic acids is 1. The maximum absolute atomic E-state index is 13.8. The molecule has 0 bridgehead atoms. The zero-order chi connectivity index (χ0) is 17.1. The quantitative estimate of drug-likeness (QED) is 0.918. The molecule has 23 heavy (non-hydrogen) atoms. The number of rotatable bonds is 5. The summed E-state index contributed by atoms with van der Waals surface area (Å²) in [4.78, 5) is 24.8. The van der Waals surface area contributed by atoms with Crippen molar-refractivity contribution >= 4 is 11.9 Å². The molecule has 0 saturated carbocycles. The maximum atomic E-state index is 13.8. The van der Waals surface area contributed by atoms with Gasteiger partial charge in [-0.05, 0) is 13.0 Å². The van der Waals surface area contributed by atoms with E-state index in [1.54, 1.807) is 19.1 Å². The van der Waals surface area contributed by atoms with Gasteiger partial charge in [-0.25, -0.2) is 9.18 Å². The van der Waals surface area contributed by atoms with Gasteiger partial charge in [0.1, 0.15) is 17.1 Å². The number of aryl methyl sites for hydroxylation is 2. The lowest BCUT2D eigenvalue weighted by Crippen LogP contribution is -2.26. The molecule has 0 aliphatic carbocycles. The number of amides is 1. The summed E-state index contributed by atoms with van der Waals surface area (Å²) >= 11 is 0. The molecule has 0 radical (unpaired) electrons. The van der Waals surface area contributed by atoms with Crippen LogP contribution in [0.4, 0.5) is 4.39 Å². The number of aromatic carboxylic acids is 1. The summed E-state index contributed by atoms with van der Waals surface area (Å²) < 4.78 is 19.1. The van der Waals surface area contributed by atoms with Gasteiger partial charge in [-0.2, -0.15) is 0 Å². The average molecular weight is 319 g/mol. The van der Waals surface area contributed by atoms with Crippen LogP contribution < -0.4 is 0 Å². The van der Waals surface area contributed by atoms with E-state index in [1.807, 2.05) is 6.92 Å². The Labute approximate surface area is 133 Å². The fraction of sp³-hybridized carbons (Fsp3) is 0.294. The zero-order valence-electron chi connectivity index (χ0n) is 13.2. The van der Waals surface area contributed by atoms with Crippen LogP contribution in [0, 0.1) is 12.7 Å². The van der Waals surface area contributed by atoms with Crippen LogP contribution in [0.5, 0.6) is 0 Å². The lowest BCUT2D eigenvalue weighted by molar-refractivity contribution is 0.0692. The van der Waals surface area contributed by atoms with Crippen LogP contribution >= 0.6 is 0 Å². The number of carbonyl (C=O) groups excluding carboxylic acids is 1. The Morgan fingerprint density at radius 2 is 2.00 bits per heavy atom. The van der Waals surface area contributed by atoms with Crippen molar-refractivity contribution in [3.8, 4) is 0 Å². The highest BCUT2D eigenvalue weighted by atomic mass is 19.1. The third-order valence-corrected chi connectivity index (χ3v) is 3.53. The van der Waals surface area contributed by atoms with Crippen LogP contribution in [0.25, 0.3) is 0 Å². The van der Waals surface area contributed by atoms with Crippen LogP contribution in [0.2, 0.25) is 0 Å². The van der Waals surface area contributed by atoms with Crippen LogP contribution in [0.3, 0.4) is 0 Å². The first-order valence-corrected chi connectivity index (χ1v) is 7.20. The molecule has 0 saturated heterocycles. The van der Waals surface area contributed by atoms with Crippen molar-refractivity contribution in [2.75, 3.05) is 7.05 Å². The first kappa shape index (κ1) is 16.7. The molecule has 0 aliphatic rings. The number of nitrogens with zero attached hydrogens (tertiary/aromatic N) is 1. The van der Waals surface area contributed by atoms with Gasteiger partial charge in [-0.3, -0.25) is 4.79 Å². The fourth-order valence-electron chi connectivity index (χ4n) is 2.32. The second-order valence-electron chi connectivity index (χ2n) is 5.36. The Morgan fingerprint density at radius 3 is 2.57 bits per heavy atom. The second-order valence-corrected chi connectivity index (χ2v) is 5.36. The Bertz CT molecular complexity index is 751.